The van der Waals surface area contributed by atoms with Crippen LogP contribution in [0.4, 0.5) is 13.2 Å². The summed E-state index contributed by atoms with van der Waals surface area (Å²) in [6, 6.07) is 0. The van der Waals surface area contributed by atoms with Crippen LogP contribution in [0.1, 0.15) is 6.92 Å². The Morgan fingerprint density at radius 2 is 1.67 bits per heavy atom. The van der Waals surface area contributed by atoms with Crippen LogP contribution in [0.2, 0.25) is 0 Å². The highest BCUT2D eigenvalue weighted by Crippen LogP contribution is 2.14. The van der Waals surface area contributed by atoms with E-state index in [1.807, 2.05) is 0 Å². The number of alkyl halides is 2. The first-order chi connectivity index (χ1) is 2.56. The molecule has 0 aromatic heterocycles. The summed E-state index contributed by atoms with van der Waals surface area (Å²) in [5.74, 6) is -3.25. The molecule has 0 nitrogen and oxygen atoms in total. The molecule has 0 spiro atoms. The number of hydrogen-bond acceptors (Lipinski definition) is 0. The summed E-state index contributed by atoms with van der Waals surface area (Å²) in [6.07, 6.45) is 0. The first-order valence-corrected chi connectivity index (χ1v) is 1.38. The first kappa shape index (κ1) is 5.79. The second-order valence-electron chi connectivity index (χ2n) is 1.07. The minimum atomic E-state index is -3.25. The fourth-order valence-electron chi connectivity index (χ4n) is 0. The highest BCUT2D eigenvalue weighted by molar-refractivity contribution is 4.65. The van der Waals surface area contributed by atoms with Gasteiger partial charge in [0.2, 0.25) is 0 Å². The maximum absolute atomic E-state index is 11.0. The largest absolute Gasteiger partial charge is 0.279 e. The molecule has 0 aliphatic rings. The molecule has 0 fully saturated rings. The normalized spacial score (nSPS) is 12.0. The van der Waals surface area contributed by atoms with Gasteiger partial charge in [-0.1, -0.05) is 0 Å². The molecule has 0 unspecified atom stereocenters. The lowest BCUT2D eigenvalue weighted by molar-refractivity contribution is 0.0325. The summed E-state index contributed by atoms with van der Waals surface area (Å²) in [6.45, 7) is -0.167. The summed E-state index contributed by atoms with van der Waals surface area (Å²) >= 11 is 0. The Labute approximate surface area is 34.0 Å². The fourth-order valence-corrected chi connectivity index (χ4v) is 0. The van der Waals surface area contributed by atoms with Gasteiger partial charge in [0.15, 0.2) is 6.67 Å². The van der Waals surface area contributed by atoms with E-state index in [2.05, 4.69) is 0 Å². The lowest BCUT2D eigenvalue weighted by Crippen LogP contribution is -2.05. The van der Waals surface area contributed by atoms with Crippen LogP contribution in [-0.2, 0) is 0 Å². The second kappa shape index (κ2) is 1.49. The van der Waals surface area contributed by atoms with E-state index in [4.69, 9.17) is 0 Å². The van der Waals surface area contributed by atoms with E-state index in [1.165, 1.54) is 0 Å². The predicted molar refractivity (Wildman–Crippen MR) is 16.0 cm³/mol. The Morgan fingerprint density at radius 3 is 1.67 bits per heavy atom. The third-order valence-corrected chi connectivity index (χ3v) is 0.192. The minimum absolute atomic E-state index is 0.479. The van der Waals surface area contributed by atoms with Crippen LogP contribution in [-0.4, -0.2) is 5.92 Å². The third kappa shape index (κ3) is 3.79. The topological polar surface area (TPSA) is 0 Å². The zero-order chi connectivity index (χ0) is 5.21. The Kier molecular flexibility index (Phi) is 1.44. The molecule has 0 amide bonds. The van der Waals surface area contributed by atoms with Gasteiger partial charge in [0.1, 0.15) is 0 Å². The van der Waals surface area contributed by atoms with Crippen LogP contribution in [0, 0.1) is 6.67 Å². The molecule has 0 saturated heterocycles. The molecule has 6 heavy (non-hydrogen) atoms. The van der Waals surface area contributed by atoms with E-state index in [-0.39, 0.29) is 0 Å². The van der Waals surface area contributed by atoms with Crippen molar-refractivity contribution in [3.05, 3.63) is 6.67 Å². The van der Waals surface area contributed by atoms with Crippen LogP contribution < -0.4 is 0 Å². The van der Waals surface area contributed by atoms with E-state index < -0.39 is 12.6 Å². The lowest BCUT2D eigenvalue weighted by Gasteiger charge is -1.98. The van der Waals surface area contributed by atoms with Gasteiger partial charge in [0.25, 0.3) is 5.92 Å². The van der Waals surface area contributed by atoms with E-state index in [1.54, 1.807) is 0 Å². The summed E-state index contributed by atoms with van der Waals surface area (Å²) < 4.78 is 32.7. The molecule has 1 radical (unpaired) electrons. The fraction of sp³-hybridized carbons (Fsp3) is 0.667. The quantitative estimate of drug-likeness (QED) is 0.467. The predicted octanol–water partition coefficient (Wildman–Crippen LogP) is 1.77. The van der Waals surface area contributed by atoms with Crippen molar-refractivity contribution in [2.24, 2.45) is 0 Å². The van der Waals surface area contributed by atoms with Gasteiger partial charge in [-0.3, -0.25) is 0 Å². The van der Waals surface area contributed by atoms with Gasteiger partial charge in [-0.15, -0.1) is 0 Å². The van der Waals surface area contributed by atoms with Gasteiger partial charge in [-0.2, -0.15) is 0 Å². The number of halogens is 3. The van der Waals surface area contributed by atoms with Crippen molar-refractivity contribution in [1.82, 2.24) is 0 Å². The zero-order valence-corrected chi connectivity index (χ0v) is 3.21. The van der Waals surface area contributed by atoms with Crippen molar-refractivity contribution in [2.75, 3.05) is 0 Å². The Bertz CT molecular complexity index is 35.8. The summed E-state index contributed by atoms with van der Waals surface area (Å²) in [4.78, 5) is 0. The number of hydrogen-bond donors (Lipinski definition) is 0. The first-order valence-electron chi connectivity index (χ1n) is 1.38. The van der Waals surface area contributed by atoms with Gasteiger partial charge in [-0.05, 0) is 0 Å². The molecule has 0 atom stereocenters. The highest BCUT2D eigenvalue weighted by Gasteiger charge is 2.20. The van der Waals surface area contributed by atoms with Crippen molar-refractivity contribution in [3.8, 4) is 0 Å². The van der Waals surface area contributed by atoms with Gasteiger partial charge in [-0.25, -0.2) is 13.2 Å². The second-order valence-corrected chi connectivity index (χ2v) is 1.07. The van der Waals surface area contributed by atoms with E-state index >= 15 is 0 Å². The Balaban J connectivity index is 3.17. The maximum Gasteiger partial charge on any atom is 0.279 e. The van der Waals surface area contributed by atoms with Gasteiger partial charge >= 0.3 is 0 Å². The summed E-state index contributed by atoms with van der Waals surface area (Å²) in [5.41, 5.74) is 0. The lowest BCUT2D eigenvalue weighted by atomic mass is 10.4. The molecule has 0 saturated carbocycles. The Morgan fingerprint density at radius 1 is 1.50 bits per heavy atom. The molecule has 0 bridgehead atoms. The van der Waals surface area contributed by atoms with E-state index in [9.17, 15) is 13.2 Å². The number of rotatable bonds is 1. The Hall–Kier alpha value is -0.210. The standard InChI is InChI=1S/C3H4F3/c1-3(5,6)2-4/h2H,1H3. The molecular weight excluding hydrogens is 93.0 g/mol. The molecular formula is C3H4F3. The van der Waals surface area contributed by atoms with Gasteiger partial charge in [0.05, 0.1) is 0 Å². The molecule has 3 heteroatoms. The van der Waals surface area contributed by atoms with Crippen LogP contribution >= 0.6 is 0 Å². The molecule has 0 aromatic carbocycles. The van der Waals surface area contributed by atoms with Gasteiger partial charge in [0, 0.05) is 6.92 Å². The summed E-state index contributed by atoms with van der Waals surface area (Å²) in [7, 11) is 0. The van der Waals surface area contributed by atoms with E-state index in [0.717, 1.165) is 0 Å². The maximum atomic E-state index is 11.0. The van der Waals surface area contributed by atoms with Crippen molar-refractivity contribution in [3.63, 3.8) is 0 Å². The monoisotopic (exact) mass is 97.0 g/mol. The average molecular weight is 97.1 g/mol. The van der Waals surface area contributed by atoms with Crippen molar-refractivity contribution < 1.29 is 13.2 Å². The molecule has 0 heterocycles. The SMILES string of the molecule is CC(F)(F)[CH]F. The smallest absolute Gasteiger partial charge is 0.237 e. The third-order valence-electron chi connectivity index (χ3n) is 0.192. The van der Waals surface area contributed by atoms with Crippen LogP contribution in [0.25, 0.3) is 0 Å². The molecule has 0 aliphatic carbocycles. The van der Waals surface area contributed by atoms with Crippen molar-refractivity contribution in [1.29, 1.82) is 0 Å². The summed E-state index contributed by atoms with van der Waals surface area (Å²) in [5, 5.41) is 0. The van der Waals surface area contributed by atoms with Crippen molar-refractivity contribution in [2.45, 2.75) is 12.8 Å². The van der Waals surface area contributed by atoms with Crippen molar-refractivity contribution >= 4 is 0 Å². The van der Waals surface area contributed by atoms with Crippen LogP contribution in [0.3, 0.4) is 0 Å². The molecule has 0 aliphatic heterocycles. The average Bonchev–Trinajstić information content (AvgIpc) is 1.35. The molecule has 37 valence electrons. The van der Waals surface area contributed by atoms with Crippen LogP contribution in [0.15, 0.2) is 0 Å². The minimum Gasteiger partial charge on any atom is -0.237 e. The van der Waals surface area contributed by atoms with E-state index in [0.29, 0.717) is 6.92 Å². The molecule has 0 aromatic rings. The zero-order valence-electron chi connectivity index (χ0n) is 3.21. The van der Waals surface area contributed by atoms with Crippen LogP contribution in [0.5, 0.6) is 0 Å². The highest BCUT2D eigenvalue weighted by atomic mass is 19.3. The molecule has 0 rings (SSSR count). The van der Waals surface area contributed by atoms with Gasteiger partial charge < -0.3 is 0 Å². The molecule has 0 N–H and O–H groups in total.